The first-order valence-corrected chi connectivity index (χ1v) is 10.7. The van der Waals surface area contributed by atoms with E-state index in [0.717, 1.165) is 5.57 Å². The van der Waals surface area contributed by atoms with Gasteiger partial charge in [0.05, 0.1) is 0 Å². The van der Waals surface area contributed by atoms with Crippen LogP contribution < -0.4 is 0 Å². The smallest absolute Gasteiger partial charge is 0.0188 e. The molecule has 1 atom stereocenters. The quantitative estimate of drug-likeness (QED) is 0.413. The van der Waals surface area contributed by atoms with E-state index in [1.807, 2.05) is 6.92 Å². The van der Waals surface area contributed by atoms with Crippen molar-refractivity contribution in [2.45, 2.75) is 94.4 Å². The summed E-state index contributed by atoms with van der Waals surface area (Å²) in [6, 6.07) is 2.33. The van der Waals surface area contributed by atoms with Crippen molar-refractivity contribution in [2.75, 3.05) is 0 Å². The van der Waals surface area contributed by atoms with E-state index in [9.17, 15) is 0 Å². The van der Waals surface area contributed by atoms with E-state index >= 15 is 0 Å². The van der Waals surface area contributed by atoms with Crippen LogP contribution in [0, 0.1) is 20.8 Å². The molecule has 1 aromatic carbocycles. The molecule has 1 aromatic rings. The van der Waals surface area contributed by atoms with Gasteiger partial charge in [0.1, 0.15) is 0 Å². The highest BCUT2D eigenvalue weighted by Crippen LogP contribution is 2.31. The summed E-state index contributed by atoms with van der Waals surface area (Å²) >= 11 is 0. The van der Waals surface area contributed by atoms with Gasteiger partial charge in [-0.25, -0.2) is 0 Å². The number of rotatable bonds is 7. The van der Waals surface area contributed by atoms with Crippen molar-refractivity contribution >= 4 is 6.08 Å². The van der Waals surface area contributed by atoms with Gasteiger partial charge in [0.25, 0.3) is 0 Å². The Morgan fingerprint density at radius 1 is 0.929 bits per heavy atom. The minimum atomic E-state index is 0.623. The SMILES string of the molecule is C=C(C)/C(C)=C/CCC.C=C(C)/C(C)=C/c1c(C)cc(C)c(C(C)CC)c1C. The summed E-state index contributed by atoms with van der Waals surface area (Å²) < 4.78 is 0. The first-order chi connectivity index (χ1) is 13.0. The summed E-state index contributed by atoms with van der Waals surface area (Å²) in [7, 11) is 0. The summed E-state index contributed by atoms with van der Waals surface area (Å²) in [6.07, 6.45) is 8.12. The maximum absolute atomic E-state index is 4.03. The zero-order valence-corrected chi connectivity index (χ0v) is 20.3. The standard InChI is InChI=1S/C19H28.C9H16/c1-9-13(4)19-16(7)10-15(6)18(17(19)8)11-14(5)12(2)3;1-5-6-7-9(4)8(2)3/h10-11,13H,2,9H2,1,3-8H3;7H,2,5-6H2,1,3-4H3/b14-11+;9-7+. The molecule has 0 radical (unpaired) electrons. The van der Waals surface area contributed by atoms with Crippen LogP contribution >= 0.6 is 0 Å². The van der Waals surface area contributed by atoms with Crippen molar-refractivity contribution in [2.24, 2.45) is 0 Å². The molecule has 0 saturated heterocycles. The largest absolute Gasteiger partial charge is 0.0959 e. The van der Waals surface area contributed by atoms with Crippen LogP contribution in [0.25, 0.3) is 6.08 Å². The average molecular weight is 381 g/mol. The Balaban J connectivity index is 0.000000684. The Hall–Kier alpha value is -1.82. The number of unbranched alkanes of at least 4 members (excludes halogenated alkanes) is 1. The lowest BCUT2D eigenvalue weighted by Crippen LogP contribution is -2.03. The molecule has 0 heterocycles. The minimum Gasteiger partial charge on any atom is -0.0959 e. The van der Waals surface area contributed by atoms with E-state index in [1.54, 1.807) is 0 Å². The molecule has 0 heteroatoms. The molecule has 1 unspecified atom stereocenters. The van der Waals surface area contributed by atoms with Gasteiger partial charge < -0.3 is 0 Å². The lowest BCUT2D eigenvalue weighted by molar-refractivity contribution is 0.722. The molecule has 0 aliphatic heterocycles. The van der Waals surface area contributed by atoms with Gasteiger partial charge in [0, 0.05) is 0 Å². The van der Waals surface area contributed by atoms with E-state index in [0.29, 0.717) is 5.92 Å². The predicted octanol–water partition coefficient (Wildman–Crippen LogP) is 9.41. The second-order valence-corrected chi connectivity index (χ2v) is 8.34. The van der Waals surface area contributed by atoms with E-state index in [2.05, 4.69) is 93.7 Å². The minimum absolute atomic E-state index is 0.623. The van der Waals surface area contributed by atoms with Crippen molar-refractivity contribution in [3.05, 3.63) is 75.4 Å². The van der Waals surface area contributed by atoms with Gasteiger partial charge in [0.2, 0.25) is 0 Å². The van der Waals surface area contributed by atoms with Crippen LogP contribution in [0.3, 0.4) is 0 Å². The van der Waals surface area contributed by atoms with Crippen LogP contribution in [0.2, 0.25) is 0 Å². The normalized spacial score (nSPS) is 12.9. The second-order valence-electron chi connectivity index (χ2n) is 8.34. The van der Waals surface area contributed by atoms with Crippen LogP contribution in [0.1, 0.15) is 101 Å². The third kappa shape index (κ3) is 8.05. The molecular formula is C28H44. The fourth-order valence-electron chi connectivity index (χ4n) is 3.28. The summed E-state index contributed by atoms with van der Waals surface area (Å²) in [5.41, 5.74) is 12.1. The fraction of sp³-hybridized carbons (Fsp3) is 0.500. The molecule has 0 aliphatic rings. The van der Waals surface area contributed by atoms with Gasteiger partial charge in [-0.05, 0) is 101 Å². The Bertz CT molecular complexity index is 738. The zero-order valence-electron chi connectivity index (χ0n) is 20.3. The lowest BCUT2D eigenvalue weighted by Gasteiger charge is -2.20. The van der Waals surface area contributed by atoms with E-state index in [4.69, 9.17) is 0 Å². The molecule has 0 N–H and O–H groups in total. The average Bonchev–Trinajstić information content (AvgIpc) is 2.62. The van der Waals surface area contributed by atoms with Crippen molar-refractivity contribution < 1.29 is 0 Å². The molecule has 0 bridgehead atoms. The van der Waals surface area contributed by atoms with Crippen molar-refractivity contribution in [1.82, 2.24) is 0 Å². The van der Waals surface area contributed by atoms with Crippen molar-refractivity contribution in [1.29, 1.82) is 0 Å². The molecule has 0 saturated carbocycles. The highest BCUT2D eigenvalue weighted by molar-refractivity contribution is 5.65. The highest BCUT2D eigenvalue weighted by Gasteiger charge is 2.14. The molecule has 28 heavy (non-hydrogen) atoms. The zero-order chi connectivity index (χ0) is 22.0. The topological polar surface area (TPSA) is 0 Å². The second kappa shape index (κ2) is 12.6. The van der Waals surface area contributed by atoms with Gasteiger partial charge in [-0.1, -0.05) is 75.3 Å². The maximum atomic E-state index is 4.03. The molecule has 156 valence electrons. The summed E-state index contributed by atoms with van der Waals surface area (Å²) in [6.45, 7) is 29.7. The van der Waals surface area contributed by atoms with E-state index < -0.39 is 0 Å². The monoisotopic (exact) mass is 380 g/mol. The molecule has 1 rings (SSSR count). The maximum Gasteiger partial charge on any atom is -0.0188 e. The molecule has 0 fully saturated rings. The van der Waals surface area contributed by atoms with Gasteiger partial charge in [-0.15, -0.1) is 0 Å². The third-order valence-corrected chi connectivity index (χ3v) is 5.64. The van der Waals surface area contributed by atoms with Gasteiger partial charge in [-0.2, -0.15) is 0 Å². The number of hydrogen-bond donors (Lipinski definition) is 0. The van der Waals surface area contributed by atoms with Crippen LogP contribution in [0.15, 0.2) is 47.6 Å². The summed E-state index contributed by atoms with van der Waals surface area (Å²) in [5.74, 6) is 0.623. The molecule has 0 aromatic heterocycles. The Labute approximate surface area is 176 Å². The first-order valence-electron chi connectivity index (χ1n) is 10.7. The van der Waals surface area contributed by atoms with Gasteiger partial charge in [-0.3, -0.25) is 0 Å². The highest BCUT2D eigenvalue weighted by atomic mass is 14.2. The number of hydrogen-bond acceptors (Lipinski definition) is 0. The Morgan fingerprint density at radius 3 is 1.89 bits per heavy atom. The first kappa shape index (κ1) is 26.2. The molecular weight excluding hydrogens is 336 g/mol. The summed E-state index contributed by atoms with van der Waals surface area (Å²) in [5, 5.41) is 0. The fourth-order valence-corrected chi connectivity index (χ4v) is 3.28. The van der Waals surface area contributed by atoms with Gasteiger partial charge in [0.15, 0.2) is 0 Å². The van der Waals surface area contributed by atoms with E-state index in [-0.39, 0.29) is 0 Å². The Kier molecular flexibility index (Phi) is 11.8. The molecule has 0 nitrogen and oxygen atoms in total. The number of aryl methyl sites for hydroxylation is 2. The number of benzene rings is 1. The Morgan fingerprint density at radius 2 is 1.46 bits per heavy atom. The lowest BCUT2D eigenvalue weighted by atomic mass is 9.85. The molecule has 0 aliphatic carbocycles. The molecule has 0 amide bonds. The van der Waals surface area contributed by atoms with Crippen LogP contribution in [0.5, 0.6) is 0 Å². The summed E-state index contributed by atoms with van der Waals surface area (Å²) in [4.78, 5) is 0. The third-order valence-electron chi connectivity index (χ3n) is 5.64. The van der Waals surface area contributed by atoms with Crippen LogP contribution in [-0.4, -0.2) is 0 Å². The number of allylic oxidation sites excluding steroid dienone is 5. The van der Waals surface area contributed by atoms with E-state index in [1.165, 1.54) is 63.8 Å². The van der Waals surface area contributed by atoms with Gasteiger partial charge >= 0.3 is 0 Å². The van der Waals surface area contributed by atoms with Crippen LogP contribution in [0.4, 0.5) is 0 Å². The predicted molar refractivity (Wildman–Crippen MR) is 131 cm³/mol. The van der Waals surface area contributed by atoms with Crippen molar-refractivity contribution in [3.63, 3.8) is 0 Å². The molecule has 0 spiro atoms. The van der Waals surface area contributed by atoms with Crippen LogP contribution in [-0.2, 0) is 0 Å². The van der Waals surface area contributed by atoms with Crippen molar-refractivity contribution in [3.8, 4) is 0 Å².